The summed E-state index contributed by atoms with van der Waals surface area (Å²) in [6, 6.07) is 8.89. The SMILES string of the molecule is O=C(NO)c1cnc(N2C[C@@H]3[C@H](C2)[C@@H]3NCc2ccc3cc(F)ccc3n2)nc1. The molecule has 2 aliphatic rings. The van der Waals surface area contributed by atoms with E-state index in [9.17, 15) is 9.18 Å². The third-order valence-electron chi connectivity index (χ3n) is 5.71. The van der Waals surface area contributed by atoms with Crippen LogP contribution in [0.25, 0.3) is 10.9 Å². The van der Waals surface area contributed by atoms with E-state index in [4.69, 9.17) is 5.21 Å². The minimum Gasteiger partial charge on any atom is -0.340 e. The highest BCUT2D eigenvalue weighted by molar-refractivity contribution is 5.92. The summed E-state index contributed by atoms with van der Waals surface area (Å²) >= 11 is 0. The summed E-state index contributed by atoms with van der Waals surface area (Å²) in [4.78, 5) is 26.5. The van der Waals surface area contributed by atoms with Crippen molar-refractivity contribution in [2.45, 2.75) is 12.6 Å². The predicted octanol–water partition coefficient (Wildman–Crippen LogP) is 1.51. The van der Waals surface area contributed by atoms with Crippen LogP contribution in [0.5, 0.6) is 0 Å². The Morgan fingerprint density at radius 1 is 1.17 bits per heavy atom. The van der Waals surface area contributed by atoms with Gasteiger partial charge in [-0.2, -0.15) is 0 Å². The van der Waals surface area contributed by atoms with Crippen molar-refractivity contribution in [1.29, 1.82) is 0 Å². The summed E-state index contributed by atoms with van der Waals surface area (Å²) in [6.45, 7) is 2.39. The van der Waals surface area contributed by atoms with Crippen molar-refractivity contribution in [1.82, 2.24) is 25.7 Å². The number of benzene rings is 1. The van der Waals surface area contributed by atoms with Gasteiger partial charge in [0.2, 0.25) is 5.95 Å². The number of nitrogens with zero attached hydrogens (tertiary/aromatic N) is 4. The molecular formula is C20H19FN6O2. The molecule has 8 nitrogen and oxygen atoms in total. The molecule has 5 rings (SSSR count). The number of fused-ring (bicyclic) bond motifs is 2. The van der Waals surface area contributed by atoms with E-state index in [1.807, 2.05) is 12.1 Å². The highest BCUT2D eigenvalue weighted by Gasteiger charge is 2.55. The number of anilines is 1. The second-order valence-electron chi connectivity index (χ2n) is 7.49. The molecule has 0 spiro atoms. The van der Waals surface area contributed by atoms with E-state index in [2.05, 4.69) is 25.2 Å². The predicted molar refractivity (Wildman–Crippen MR) is 103 cm³/mol. The normalized spacial score (nSPS) is 22.6. The number of piperidine rings is 1. The van der Waals surface area contributed by atoms with Crippen molar-refractivity contribution in [2.75, 3.05) is 18.0 Å². The molecule has 1 amide bonds. The van der Waals surface area contributed by atoms with Crippen LogP contribution in [0, 0.1) is 17.7 Å². The van der Waals surface area contributed by atoms with Gasteiger partial charge in [-0.15, -0.1) is 0 Å². The quantitative estimate of drug-likeness (QED) is 0.445. The van der Waals surface area contributed by atoms with Gasteiger partial charge in [-0.1, -0.05) is 6.07 Å². The number of hydrogen-bond acceptors (Lipinski definition) is 7. The van der Waals surface area contributed by atoms with E-state index in [-0.39, 0.29) is 11.4 Å². The molecule has 29 heavy (non-hydrogen) atoms. The number of pyridine rings is 1. The summed E-state index contributed by atoms with van der Waals surface area (Å²) in [5.74, 6) is 0.782. The lowest BCUT2D eigenvalue weighted by Crippen LogP contribution is -2.32. The highest BCUT2D eigenvalue weighted by atomic mass is 19.1. The molecular weight excluding hydrogens is 375 g/mol. The van der Waals surface area contributed by atoms with Crippen LogP contribution in [0.15, 0.2) is 42.7 Å². The number of carbonyl (C=O) groups excluding carboxylic acids is 1. The Labute approximate surface area is 165 Å². The first-order valence-corrected chi connectivity index (χ1v) is 9.42. The summed E-state index contributed by atoms with van der Waals surface area (Å²) in [5.41, 5.74) is 3.51. The van der Waals surface area contributed by atoms with Crippen LogP contribution in [0.4, 0.5) is 10.3 Å². The van der Waals surface area contributed by atoms with E-state index in [1.165, 1.54) is 24.5 Å². The topological polar surface area (TPSA) is 103 Å². The monoisotopic (exact) mass is 394 g/mol. The van der Waals surface area contributed by atoms with Crippen LogP contribution >= 0.6 is 0 Å². The maximum Gasteiger partial charge on any atom is 0.277 e. The molecule has 0 bridgehead atoms. The molecule has 1 aliphatic heterocycles. The lowest BCUT2D eigenvalue weighted by molar-refractivity contribution is 0.0705. The number of halogens is 1. The van der Waals surface area contributed by atoms with E-state index >= 15 is 0 Å². The van der Waals surface area contributed by atoms with Crippen molar-refractivity contribution in [3.8, 4) is 0 Å². The van der Waals surface area contributed by atoms with E-state index in [0.29, 0.717) is 30.4 Å². The second kappa shape index (κ2) is 7.02. The molecule has 2 aromatic heterocycles. The van der Waals surface area contributed by atoms with Gasteiger partial charge in [0.25, 0.3) is 5.91 Å². The average molecular weight is 394 g/mol. The molecule has 2 fully saturated rings. The fourth-order valence-electron chi connectivity index (χ4n) is 4.12. The van der Waals surface area contributed by atoms with E-state index < -0.39 is 5.91 Å². The number of amides is 1. The molecule has 3 heterocycles. The molecule has 0 unspecified atom stereocenters. The zero-order valence-electron chi connectivity index (χ0n) is 15.4. The van der Waals surface area contributed by atoms with Crippen molar-refractivity contribution >= 4 is 22.8 Å². The molecule has 3 atom stereocenters. The van der Waals surface area contributed by atoms with Gasteiger partial charge in [0, 0.05) is 43.5 Å². The molecule has 3 aromatic rings. The lowest BCUT2D eigenvalue weighted by Gasteiger charge is -2.20. The number of hydrogen-bond donors (Lipinski definition) is 3. The molecule has 9 heteroatoms. The van der Waals surface area contributed by atoms with Crippen LogP contribution < -0.4 is 15.7 Å². The van der Waals surface area contributed by atoms with Crippen molar-refractivity contribution < 1.29 is 14.4 Å². The first-order chi connectivity index (χ1) is 14.1. The summed E-state index contributed by atoms with van der Waals surface area (Å²) < 4.78 is 13.3. The largest absolute Gasteiger partial charge is 0.340 e. The number of aromatic nitrogens is 3. The molecule has 1 aliphatic carbocycles. The van der Waals surface area contributed by atoms with Crippen molar-refractivity contribution in [3.63, 3.8) is 0 Å². The number of hydroxylamine groups is 1. The van der Waals surface area contributed by atoms with Crippen LogP contribution in [0.2, 0.25) is 0 Å². The standard InChI is InChI=1S/C20H19FN6O2/c21-13-2-4-17-11(5-13)1-3-14(25-17)8-22-18-15-9-27(10-16(15)18)20-23-6-12(7-24-20)19(28)26-29/h1-7,15-16,18,22,29H,8-10H2,(H,26,28)/t15-,16+,18-. The zero-order valence-corrected chi connectivity index (χ0v) is 15.4. The molecule has 1 saturated heterocycles. The first kappa shape index (κ1) is 17.9. The Kier molecular flexibility index (Phi) is 4.33. The maximum absolute atomic E-state index is 13.3. The van der Waals surface area contributed by atoms with Gasteiger partial charge in [-0.3, -0.25) is 15.0 Å². The minimum absolute atomic E-state index is 0.214. The molecule has 0 radical (unpaired) electrons. The summed E-state index contributed by atoms with van der Waals surface area (Å²) in [5, 5.41) is 13.0. The fraction of sp³-hybridized carbons (Fsp3) is 0.300. The van der Waals surface area contributed by atoms with Gasteiger partial charge in [-0.25, -0.2) is 19.8 Å². The van der Waals surface area contributed by atoms with Crippen LogP contribution in [0.1, 0.15) is 16.1 Å². The van der Waals surface area contributed by atoms with Crippen LogP contribution in [-0.4, -0.2) is 45.2 Å². The smallest absolute Gasteiger partial charge is 0.277 e. The van der Waals surface area contributed by atoms with Gasteiger partial charge in [0.1, 0.15) is 5.82 Å². The van der Waals surface area contributed by atoms with Crippen molar-refractivity contribution in [3.05, 3.63) is 59.8 Å². The number of carbonyl (C=O) groups is 1. The van der Waals surface area contributed by atoms with Gasteiger partial charge in [0.05, 0.1) is 16.8 Å². The minimum atomic E-state index is -0.627. The second-order valence-corrected chi connectivity index (χ2v) is 7.49. The molecule has 3 N–H and O–H groups in total. The highest BCUT2D eigenvalue weighted by Crippen LogP contribution is 2.46. The van der Waals surface area contributed by atoms with E-state index in [0.717, 1.165) is 29.7 Å². The Morgan fingerprint density at radius 2 is 1.93 bits per heavy atom. The third kappa shape index (κ3) is 3.39. The molecule has 1 saturated carbocycles. The van der Waals surface area contributed by atoms with Gasteiger partial charge in [0.15, 0.2) is 0 Å². The number of nitrogens with one attached hydrogen (secondary N) is 2. The van der Waals surface area contributed by atoms with Gasteiger partial charge in [-0.05, 0) is 36.1 Å². The van der Waals surface area contributed by atoms with Crippen LogP contribution in [0.3, 0.4) is 0 Å². The third-order valence-corrected chi connectivity index (χ3v) is 5.71. The van der Waals surface area contributed by atoms with Crippen molar-refractivity contribution in [2.24, 2.45) is 11.8 Å². The van der Waals surface area contributed by atoms with Gasteiger partial charge >= 0.3 is 0 Å². The Bertz CT molecular complexity index is 1060. The first-order valence-electron chi connectivity index (χ1n) is 9.42. The Balaban J connectivity index is 1.16. The Morgan fingerprint density at radius 3 is 2.66 bits per heavy atom. The zero-order chi connectivity index (χ0) is 20.0. The fourth-order valence-corrected chi connectivity index (χ4v) is 4.12. The maximum atomic E-state index is 13.3. The number of rotatable bonds is 5. The lowest BCUT2D eigenvalue weighted by atomic mass is 10.2. The molecule has 1 aromatic carbocycles. The van der Waals surface area contributed by atoms with Crippen LogP contribution in [-0.2, 0) is 6.54 Å². The summed E-state index contributed by atoms with van der Waals surface area (Å²) in [7, 11) is 0. The van der Waals surface area contributed by atoms with E-state index in [1.54, 1.807) is 11.5 Å². The van der Waals surface area contributed by atoms with Gasteiger partial charge < -0.3 is 10.2 Å². The molecule has 148 valence electrons. The Hall–Kier alpha value is -3.17. The summed E-state index contributed by atoms with van der Waals surface area (Å²) in [6.07, 6.45) is 2.82. The average Bonchev–Trinajstić information content (AvgIpc) is 3.20.